The molecule has 0 atom stereocenters. The molecular formula is C13H27NO4. The van der Waals surface area contributed by atoms with Crippen molar-refractivity contribution < 1.29 is 19.4 Å². The number of nitrogens with zero attached hydrogens (tertiary/aromatic N) is 1. The maximum absolute atomic E-state index is 11.3. The van der Waals surface area contributed by atoms with Crippen molar-refractivity contribution in [1.29, 1.82) is 0 Å². The molecule has 0 amide bonds. The van der Waals surface area contributed by atoms with Gasteiger partial charge in [-0.05, 0) is 27.3 Å². The lowest BCUT2D eigenvalue weighted by Gasteiger charge is -2.16. The van der Waals surface area contributed by atoms with Crippen molar-refractivity contribution in [2.75, 3.05) is 40.0 Å². The molecule has 18 heavy (non-hydrogen) atoms. The Morgan fingerprint density at radius 1 is 1.22 bits per heavy atom. The van der Waals surface area contributed by atoms with E-state index in [4.69, 9.17) is 14.6 Å². The molecule has 0 radical (unpaired) electrons. The van der Waals surface area contributed by atoms with Crippen LogP contribution in [0.1, 0.15) is 33.1 Å². The Balaban J connectivity index is 3.40. The SMILES string of the molecule is CC(C)OCCCN(C)CCC(=O)OCCCO. The van der Waals surface area contributed by atoms with Gasteiger partial charge in [0, 0.05) is 32.7 Å². The molecule has 0 aromatic heterocycles. The number of carbonyl (C=O) groups is 1. The van der Waals surface area contributed by atoms with E-state index in [0.717, 1.165) is 19.6 Å². The lowest BCUT2D eigenvalue weighted by molar-refractivity contribution is -0.144. The summed E-state index contributed by atoms with van der Waals surface area (Å²) in [5, 5.41) is 8.55. The summed E-state index contributed by atoms with van der Waals surface area (Å²) in [4.78, 5) is 13.4. The Labute approximate surface area is 110 Å². The molecule has 0 aliphatic rings. The van der Waals surface area contributed by atoms with Crippen LogP contribution in [-0.2, 0) is 14.3 Å². The Bertz CT molecular complexity index is 209. The molecule has 0 rings (SSSR count). The molecule has 108 valence electrons. The number of hydrogen-bond acceptors (Lipinski definition) is 5. The summed E-state index contributed by atoms with van der Waals surface area (Å²) in [5.74, 6) is -0.200. The van der Waals surface area contributed by atoms with Crippen molar-refractivity contribution in [1.82, 2.24) is 4.90 Å². The van der Waals surface area contributed by atoms with E-state index in [-0.39, 0.29) is 18.7 Å². The first-order valence-electron chi connectivity index (χ1n) is 6.63. The third-order valence-electron chi connectivity index (χ3n) is 2.40. The monoisotopic (exact) mass is 261 g/mol. The summed E-state index contributed by atoms with van der Waals surface area (Å²) in [5.41, 5.74) is 0. The highest BCUT2D eigenvalue weighted by Gasteiger charge is 2.05. The molecule has 0 unspecified atom stereocenters. The molecule has 0 spiro atoms. The van der Waals surface area contributed by atoms with E-state index in [1.54, 1.807) is 0 Å². The fourth-order valence-corrected chi connectivity index (χ4v) is 1.37. The van der Waals surface area contributed by atoms with Gasteiger partial charge in [0.15, 0.2) is 0 Å². The Morgan fingerprint density at radius 2 is 1.94 bits per heavy atom. The molecule has 0 aromatic carbocycles. The molecule has 5 heteroatoms. The van der Waals surface area contributed by atoms with Gasteiger partial charge in [-0.2, -0.15) is 0 Å². The summed E-state index contributed by atoms with van der Waals surface area (Å²) in [6, 6.07) is 0. The van der Waals surface area contributed by atoms with Crippen molar-refractivity contribution in [2.24, 2.45) is 0 Å². The van der Waals surface area contributed by atoms with E-state index in [2.05, 4.69) is 4.90 Å². The number of aliphatic hydroxyl groups is 1. The maximum Gasteiger partial charge on any atom is 0.307 e. The van der Waals surface area contributed by atoms with Crippen LogP contribution in [0.3, 0.4) is 0 Å². The van der Waals surface area contributed by atoms with Crippen LogP contribution in [-0.4, -0.2) is 62.0 Å². The summed E-state index contributed by atoms with van der Waals surface area (Å²) in [6.07, 6.45) is 2.15. The lowest BCUT2D eigenvalue weighted by atomic mass is 10.3. The first-order valence-corrected chi connectivity index (χ1v) is 6.63. The molecule has 0 saturated heterocycles. The molecule has 5 nitrogen and oxygen atoms in total. The van der Waals surface area contributed by atoms with Crippen LogP contribution in [0.15, 0.2) is 0 Å². The van der Waals surface area contributed by atoms with Crippen molar-refractivity contribution in [3.05, 3.63) is 0 Å². The summed E-state index contributed by atoms with van der Waals surface area (Å²) < 4.78 is 10.4. The predicted molar refractivity (Wildman–Crippen MR) is 70.5 cm³/mol. The average Bonchev–Trinajstić information content (AvgIpc) is 2.32. The summed E-state index contributed by atoms with van der Waals surface area (Å²) in [7, 11) is 1.98. The van der Waals surface area contributed by atoms with Crippen molar-refractivity contribution in [3.63, 3.8) is 0 Å². The number of ether oxygens (including phenoxy) is 2. The van der Waals surface area contributed by atoms with Crippen LogP contribution >= 0.6 is 0 Å². The quantitative estimate of drug-likeness (QED) is 0.445. The minimum Gasteiger partial charge on any atom is -0.466 e. The molecule has 0 aliphatic carbocycles. The smallest absolute Gasteiger partial charge is 0.307 e. The molecule has 1 N–H and O–H groups in total. The van der Waals surface area contributed by atoms with E-state index in [9.17, 15) is 4.79 Å². The standard InChI is InChI=1S/C13H27NO4/c1-12(2)17-10-4-7-14(3)8-6-13(16)18-11-5-9-15/h12,15H,4-11H2,1-3H3. The third-order valence-corrected chi connectivity index (χ3v) is 2.40. The Morgan fingerprint density at radius 3 is 2.56 bits per heavy atom. The van der Waals surface area contributed by atoms with Crippen LogP contribution in [0.4, 0.5) is 0 Å². The molecule has 0 heterocycles. The molecule has 0 fully saturated rings. The average molecular weight is 261 g/mol. The van der Waals surface area contributed by atoms with E-state index in [1.165, 1.54) is 0 Å². The van der Waals surface area contributed by atoms with E-state index in [1.807, 2.05) is 20.9 Å². The van der Waals surface area contributed by atoms with Crippen LogP contribution < -0.4 is 0 Å². The van der Waals surface area contributed by atoms with Crippen molar-refractivity contribution in [2.45, 2.75) is 39.2 Å². The molecule has 0 aliphatic heterocycles. The van der Waals surface area contributed by atoms with Gasteiger partial charge < -0.3 is 19.5 Å². The van der Waals surface area contributed by atoms with Gasteiger partial charge in [0.05, 0.1) is 19.1 Å². The molecule has 0 bridgehead atoms. The first-order chi connectivity index (χ1) is 8.56. The minimum atomic E-state index is -0.200. The minimum absolute atomic E-state index is 0.0586. The van der Waals surface area contributed by atoms with Gasteiger partial charge in [-0.15, -0.1) is 0 Å². The van der Waals surface area contributed by atoms with Gasteiger partial charge in [0.2, 0.25) is 0 Å². The highest BCUT2D eigenvalue weighted by molar-refractivity contribution is 5.69. The lowest BCUT2D eigenvalue weighted by Crippen LogP contribution is -2.25. The first kappa shape index (κ1) is 17.4. The zero-order valence-electron chi connectivity index (χ0n) is 11.9. The van der Waals surface area contributed by atoms with Gasteiger partial charge in [0.1, 0.15) is 0 Å². The van der Waals surface area contributed by atoms with Gasteiger partial charge >= 0.3 is 5.97 Å². The van der Waals surface area contributed by atoms with Crippen LogP contribution in [0.5, 0.6) is 0 Å². The number of carbonyl (C=O) groups excluding carboxylic acids is 1. The predicted octanol–water partition coefficient (Wildman–Crippen LogP) is 1.05. The number of rotatable bonds is 11. The largest absolute Gasteiger partial charge is 0.466 e. The zero-order chi connectivity index (χ0) is 13.8. The highest BCUT2D eigenvalue weighted by Crippen LogP contribution is 1.96. The maximum atomic E-state index is 11.3. The Hall–Kier alpha value is -0.650. The third kappa shape index (κ3) is 11.8. The summed E-state index contributed by atoms with van der Waals surface area (Å²) in [6.45, 7) is 6.77. The van der Waals surface area contributed by atoms with E-state index < -0.39 is 0 Å². The second-order valence-electron chi connectivity index (χ2n) is 4.62. The van der Waals surface area contributed by atoms with Crippen LogP contribution in [0, 0.1) is 0 Å². The number of hydrogen-bond donors (Lipinski definition) is 1. The van der Waals surface area contributed by atoms with Crippen LogP contribution in [0.2, 0.25) is 0 Å². The fourth-order valence-electron chi connectivity index (χ4n) is 1.37. The normalized spacial score (nSPS) is 11.2. The molecule has 0 aromatic rings. The fraction of sp³-hybridized carbons (Fsp3) is 0.923. The molecule has 0 saturated carbocycles. The Kier molecular flexibility index (Phi) is 11.0. The molecular weight excluding hydrogens is 234 g/mol. The van der Waals surface area contributed by atoms with Crippen molar-refractivity contribution in [3.8, 4) is 0 Å². The van der Waals surface area contributed by atoms with Gasteiger partial charge in [0.25, 0.3) is 0 Å². The van der Waals surface area contributed by atoms with Gasteiger partial charge in [-0.25, -0.2) is 0 Å². The number of esters is 1. The highest BCUT2D eigenvalue weighted by atomic mass is 16.5. The van der Waals surface area contributed by atoms with Gasteiger partial charge in [-0.1, -0.05) is 0 Å². The number of aliphatic hydroxyl groups excluding tert-OH is 1. The van der Waals surface area contributed by atoms with Crippen LogP contribution in [0.25, 0.3) is 0 Å². The topological polar surface area (TPSA) is 59.0 Å². The second-order valence-corrected chi connectivity index (χ2v) is 4.62. The second kappa shape index (κ2) is 11.4. The summed E-state index contributed by atoms with van der Waals surface area (Å²) >= 11 is 0. The van der Waals surface area contributed by atoms with Gasteiger partial charge in [-0.3, -0.25) is 4.79 Å². The van der Waals surface area contributed by atoms with Crippen molar-refractivity contribution >= 4 is 5.97 Å². The van der Waals surface area contributed by atoms with E-state index >= 15 is 0 Å². The zero-order valence-corrected chi connectivity index (χ0v) is 11.9. The van der Waals surface area contributed by atoms with E-state index in [0.29, 0.717) is 26.0 Å².